The van der Waals surface area contributed by atoms with E-state index in [1.54, 1.807) is 18.2 Å². The van der Waals surface area contributed by atoms with Crippen LogP contribution in [0.25, 0.3) is 0 Å². The van der Waals surface area contributed by atoms with Crippen LogP contribution in [0.15, 0.2) is 18.2 Å². The van der Waals surface area contributed by atoms with Gasteiger partial charge in [0.2, 0.25) is 0 Å². The van der Waals surface area contributed by atoms with Crippen LogP contribution in [0.5, 0.6) is 5.75 Å². The van der Waals surface area contributed by atoms with Gasteiger partial charge in [-0.2, -0.15) is 0 Å². The van der Waals surface area contributed by atoms with Crippen LogP contribution in [0.2, 0.25) is 5.02 Å². The first-order valence-electron chi connectivity index (χ1n) is 5.80. The van der Waals surface area contributed by atoms with Gasteiger partial charge in [-0.1, -0.05) is 18.5 Å². The lowest BCUT2D eigenvalue weighted by molar-refractivity contribution is 0.0910. The number of hydrogen-bond acceptors (Lipinski definition) is 2. The van der Waals surface area contributed by atoms with Crippen LogP contribution in [0, 0.1) is 0 Å². The summed E-state index contributed by atoms with van der Waals surface area (Å²) in [5.74, 6) is 0.627. The Morgan fingerprint density at radius 1 is 1.37 bits per heavy atom. The van der Waals surface area contributed by atoms with Crippen molar-refractivity contribution in [2.24, 2.45) is 0 Å². The van der Waals surface area contributed by atoms with Crippen molar-refractivity contribution in [3.05, 3.63) is 28.8 Å². The molecule has 1 aromatic carbocycles. The zero-order valence-corrected chi connectivity index (χ0v) is 13.1. The second-order valence-electron chi connectivity index (χ2n) is 4.20. The highest BCUT2D eigenvalue weighted by atomic mass is 35.5. The summed E-state index contributed by atoms with van der Waals surface area (Å²) in [7, 11) is 1.50. The van der Waals surface area contributed by atoms with E-state index in [1.165, 1.54) is 7.11 Å². The second-order valence-corrected chi connectivity index (χ2v) is 5.17. The number of alkyl halides is 2. The molecule has 0 saturated carbocycles. The molecule has 1 aromatic rings. The molecule has 0 aliphatic carbocycles. The van der Waals surface area contributed by atoms with Crippen LogP contribution in [-0.2, 0) is 0 Å². The minimum Gasteiger partial charge on any atom is -0.496 e. The topological polar surface area (TPSA) is 38.3 Å². The van der Waals surface area contributed by atoms with Crippen molar-refractivity contribution in [3.63, 3.8) is 0 Å². The van der Waals surface area contributed by atoms with Gasteiger partial charge in [-0.05, 0) is 24.6 Å². The van der Waals surface area contributed by atoms with Crippen molar-refractivity contribution < 1.29 is 9.53 Å². The van der Waals surface area contributed by atoms with E-state index in [0.717, 1.165) is 0 Å². The summed E-state index contributed by atoms with van der Waals surface area (Å²) in [5, 5.41) is 3.32. The third-order valence-electron chi connectivity index (χ3n) is 2.97. The SMILES string of the molecule is CCC(CCl)(CCl)NC(=O)c1cc(Cl)ccc1OC. The van der Waals surface area contributed by atoms with Gasteiger partial charge in [-0.3, -0.25) is 4.79 Å². The molecule has 0 bridgehead atoms. The van der Waals surface area contributed by atoms with Crippen molar-refractivity contribution >= 4 is 40.7 Å². The van der Waals surface area contributed by atoms with E-state index in [4.69, 9.17) is 39.5 Å². The summed E-state index contributed by atoms with van der Waals surface area (Å²) >= 11 is 17.7. The van der Waals surface area contributed by atoms with E-state index < -0.39 is 5.54 Å². The summed E-state index contributed by atoms with van der Waals surface area (Å²) in [4.78, 5) is 12.3. The molecule has 0 atom stereocenters. The molecule has 1 rings (SSSR count). The Morgan fingerprint density at radius 2 is 2.00 bits per heavy atom. The Morgan fingerprint density at radius 3 is 2.47 bits per heavy atom. The Kier molecular flexibility index (Phi) is 6.24. The summed E-state index contributed by atoms with van der Waals surface area (Å²) in [5.41, 5.74) is -0.267. The molecule has 0 radical (unpaired) electrons. The molecule has 0 saturated heterocycles. The fraction of sp³-hybridized carbons (Fsp3) is 0.462. The lowest BCUT2D eigenvalue weighted by atomic mass is 10.0. The minimum absolute atomic E-state index is 0.238. The Balaban J connectivity index is 3.03. The summed E-state index contributed by atoms with van der Waals surface area (Å²) in [6.07, 6.45) is 0.634. The third-order valence-corrected chi connectivity index (χ3v) is 4.23. The molecule has 106 valence electrons. The number of rotatable bonds is 6. The largest absolute Gasteiger partial charge is 0.496 e. The average Bonchev–Trinajstić information content (AvgIpc) is 2.44. The number of nitrogens with one attached hydrogen (secondary N) is 1. The van der Waals surface area contributed by atoms with Crippen molar-refractivity contribution in [2.75, 3.05) is 18.9 Å². The molecule has 0 fully saturated rings. The predicted octanol–water partition coefficient (Wildman–Crippen LogP) is 3.70. The fourth-order valence-corrected chi connectivity index (χ4v) is 2.52. The van der Waals surface area contributed by atoms with Crippen molar-refractivity contribution in [2.45, 2.75) is 18.9 Å². The van der Waals surface area contributed by atoms with Gasteiger partial charge in [-0.15, -0.1) is 23.2 Å². The average molecular weight is 325 g/mol. The van der Waals surface area contributed by atoms with Gasteiger partial charge in [0, 0.05) is 16.8 Å². The minimum atomic E-state index is -0.631. The first kappa shape index (κ1) is 16.4. The van der Waals surface area contributed by atoms with Gasteiger partial charge in [-0.25, -0.2) is 0 Å². The summed E-state index contributed by atoms with van der Waals surface area (Å²) in [6.45, 7) is 1.92. The van der Waals surface area contributed by atoms with E-state index in [1.807, 2.05) is 6.92 Å². The first-order chi connectivity index (χ1) is 9.01. The highest BCUT2D eigenvalue weighted by molar-refractivity contribution is 6.31. The lowest BCUT2D eigenvalue weighted by Gasteiger charge is -2.29. The van der Waals surface area contributed by atoms with Crippen LogP contribution in [0.1, 0.15) is 23.7 Å². The van der Waals surface area contributed by atoms with Crippen molar-refractivity contribution in [1.82, 2.24) is 5.32 Å². The maximum atomic E-state index is 12.3. The maximum absolute atomic E-state index is 12.3. The van der Waals surface area contributed by atoms with E-state index in [9.17, 15) is 4.79 Å². The smallest absolute Gasteiger partial charge is 0.255 e. The molecule has 0 aromatic heterocycles. The zero-order valence-electron chi connectivity index (χ0n) is 10.8. The number of benzene rings is 1. The van der Waals surface area contributed by atoms with E-state index in [0.29, 0.717) is 22.8 Å². The van der Waals surface area contributed by atoms with E-state index in [2.05, 4.69) is 5.32 Å². The number of carbonyl (C=O) groups excluding carboxylic acids is 1. The maximum Gasteiger partial charge on any atom is 0.255 e. The van der Waals surface area contributed by atoms with Crippen LogP contribution >= 0.6 is 34.8 Å². The van der Waals surface area contributed by atoms with Crippen LogP contribution < -0.4 is 10.1 Å². The Bertz CT molecular complexity index is 439. The Labute approximate surface area is 128 Å². The highest BCUT2D eigenvalue weighted by Crippen LogP contribution is 2.24. The third kappa shape index (κ3) is 3.91. The molecule has 0 spiro atoms. The van der Waals surface area contributed by atoms with Gasteiger partial charge >= 0.3 is 0 Å². The number of hydrogen-bond donors (Lipinski definition) is 1. The van der Waals surface area contributed by atoms with Gasteiger partial charge < -0.3 is 10.1 Å². The number of methoxy groups -OCH3 is 1. The van der Waals surface area contributed by atoms with Gasteiger partial charge in [0.05, 0.1) is 18.2 Å². The second kappa shape index (κ2) is 7.22. The number of carbonyl (C=O) groups is 1. The zero-order chi connectivity index (χ0) is 14.5. The van der Waals surface area contributed by atoms with Gasteiger partial charge in [0.15, 0.2) is 0 Å². The number of ether oxygens (including phenoxy) is 1. The molecule has 6 heteroatoms. The molecule has 0 aliphatic rings. The molecular formula is C13H16Cl3NO2. The summed E-state index contributed by atoms with van der Waals surface area (Å²) < 4.78 is 5.15. The molecule has 0 heterocycles. The number of amides is 1. The first-order valence-corrected chi connectivity index (χ1v) is 7.24. The normalized spacial score (nSPS) is 11.2. The lowest BCUT2D eigenvalue weighted by Crippen LogP contribution is -2.51. The molecule has 1 amide bonds. The molecule has 19 heavy (non-hydrogen) atoms. The van der Waals surface area contributed by atoms with Crippen LogP contribution in [-0.4, -0.2) is 30.3 Å². The standard InChI is InChI=1S/C13H16Cl3NO2/c1-3-13(7-14,8-15)17-12(18)10-6-9(16)4-5-11(10)19-2/h4-6H,3,7-8H2,1-2H3,(H,17,18). The van der Waals surface area contributed by atoms with Crippen LogP contribution in [0.4, 0.5) is 0 Å². The van der Waals surface area contributed by atoms with E-state index >= 15 is 0 Å². The monoisotopic (exact) mass is 323 g/mol. The van der Waals surface area contributed by atoms with Crippen LogP contribution in [0.3, 0.4) is 0 Å². The van der Waals surface area contributed by atoms with E-state index in [-0.39, 0.29) is 17.7 Å². The number of halogens is 3. The summed E-state index contributed by atoms with van der Waals surface area (Å²) in [6, 6.07) is 4.86. The molecular weight excluding hydrogens is 309 g/mol. The molecule has 3 nitrogen and oxygen atoms in total. The highest BCUT2D eigenvalue weighted by Gasteiger charge is 2.29. The molecule has 0 unspecified atom stereocenters. The molecule has 1 N–H and O–H groups in total. The van der Waals surface area contributed by atoms with Gasteiger partial charge in [0.1, 0.15) is 5.75 Å². The van der Waals surface area contributed by atoms with Crippen molar-refractivity contribution in [1.29, 1.82) is 0 Å². The molecule has 0 aliphatic heterocycles. The predicted molar refractivity (Wildman–Crippen MR) is 79.9 cm³/mol. The fourth-order valence-electron chi connectivity index (χ4n) is 1.55. The van der Waals surface area contributed by atoms with Gasteiger partial charge in [0.25, 0.3) is 5.91 Å². The Hall–Kier alpha value is -0.640. The quantitative estimate of drug-likeness (QED) is 0.810. The van der Waals surface area contributed by atoms with Crippen molar-refractivity contribution in [3.8, 4) is 5.75 Å².